The fourth-order valence-corrected chi connectivity index (χ4v) is 1.69. The van der Waals surface area contributed by atoms with Crippen molar-refractivity contribution in [2.24, 2.45) is 5.92 Å². The Morgan fingerprint density at radius 3 is 1.94 bits per heavy atom. The highest BCUT2D eigenvalue weighted by Gasteiger charge is 2.14. The summed E-state index contributed by atoms with van der Waals surface area (Å²) in [6.07, 6.45) is 7.79. The van der Waals surface area contributed by atoms with Crippen molar-refractivity contribution in [3.63, 3.8) is 0 Å². The number of hydrogen-bond acceptors (Lipinski definition) is 0. The zero-order valence-electron chi connectivity index (χ0n) is 11.4. The summed E-state index contributed by atoms with van der Waals surface area (Å²) >= 11 is 0. The summed E-state index contributed by atoms with van der Waals surface area (Å²) in [5, 5.41) is 0. The lowest BCUT2D eigenvalue weighted by Gasteiger charge is -2.18. The van der Waals surface area contributed by atoms with Crippen LogP contribution in [0.3, 0.4) is 0 Å². The lowest BCUT2D eigenvalue weighted by atomic mass is 9.86. The second-order valence-electron chi connectivity index (χ2n) is 4.09. The Balaban J connectivity index is 0. The molecule has 1 rings (SSSR count). The Labute approximate surface area is 124 Å². The largest absolute Gasteiger partial charge is 0.120 e. The third-order valence-corrected chi connectivity index (χ3v) is 2.53. The Morgan fingerprint density at radius 2 is 1.59 bits per heavy atom. The fourth-order valence-electron chi connectivity index (χ4n) is 1.69. The molecule has 0 aliphatic carbocycles. The summed E-state index contributed by atoms with van der Waals surface area (Å²) in [5.74, 6) is 3.65. The molecule has 2 atom stereocenters. The van der Waals surface area contributed by atoms with Gasteiger partial charge in [-0.25, -0.2) is 0 Å². The monoisotopic (exact) mass is 344 g/mol. The van der Waals surface area contributed by atoms with E-state index >= 15 is 0 Å². The molecule has 0 radical (unpaired) electrons. The lowest BCUT2D eigenvalue weighted by molar-refractivity contribution is 0.546. The van der Waals surface area contributed by atoms with E-state index in [-0.39, 0.29) is 24.0 Å². The van der Waals surface area contributed by atoms with E-state index in [0.29, 0.717) is 11.8 Å². The first-order chi connectivity index (χ1) is 7.71. The van der Waals surface area contributed by atoms with Gasteiger partial charge in [-0.15, -0.1) is 36.3 Å². The van der Waals surface area contributed by atoms with Crippen molar-refractivity contribution in [1.82, 2.24) is 0 Å². The van der Waals surface area contributed by atoms with Crippen molar-refractivity contribution in [3.05, 3.63) is 35.9 Å². The summed E-state index contributed by atoms with van der Waals surface area (Å²) in [7, 11) is 0. The van der Waals surface area contributed by atoms with E-state index in [0.717, 1.165) is 6.42 Å². The average Bonchev–Trinajstić information content (AvgIpc) is 2.32. The first kappa shape index (κ1) is 18.9. The van der Waals surface area contributed by atoms with E-state index in [1.54, 1.807) is 0 Å². The zero-order valence-corrected chi connectivity index (χ0v) is 13.8. The van der Waals surface area contributed by atoms with Gasteiger partial charge in [0, 0.05) is 5.92 Å². The van der Waals surface area contributed by atoms with Crippen LogP contribution in [-0.4, -0.2) is 0 Å². The van der Waals surface area contributed by atoms with Gasteiger partial charge < -0.3 is 0 Å². The number of terminal acetylenes is 1. The number of halogens is 1. The van der Waals surface area contributed by atoms with Crippen molar-refractivity contribution in [2.75, 3.05) is 0 Å². The molecule has 1 aromatic carbocycles. The summed E-state index contributed by atoms with van der Waals surface area (Å²) in [4.78, 5) is 0. The first-order valence-corrected chi connectivity index (χ1v) is 6.22. The SMILES string of the molecule is C#CC(C)[C@@H](CC)c1ccccc1.CCC.I. The molecule has 1 unspecified atom stereocenters. The Hall–Kier alpha value is -0.490. The molecule has 1 heteroatoms. The van der Waals surface area contributed by atoms with Gasteiger partial charge in [0.05, 0.1) is 0 Å². The maximum atomic E-state index is 5.44. The van der Waals surface area contributed by atoms with E-state index in [1.165, 1.54) is 12.0 Å². The van der Waals surface area contributed by atoms with E-state index in [1.807, 2.05) is 6.07 Å². The lowest BCUT2D eigenvalue weighted by Crippen LogP contribution is -2.06. The maximum Gasteiger partial charge on any atom is 0.0240 e. The van der Waals surface area contributed by atoms with Gasteiger partial charge in [-0.05, 0) is 17.9 Å². The van der Waals surface area contributed by atoms with Crippen LogP contribution in [-0.2, 0) is 0 Å². The van der Waals surface area contributed by atoms with Gasteiger partial charge in [0.25, 0.3) is 0 Å². The molecule has 0 saturated heterocycles. The zero-order chi connectivity index (χ0) is 12.4. The molecule has 0 aromatic heterocycles. The first-order valence-electron chi connectivity index (χ1n) is 6.22. The highest BCUT2D eigenvalue weighted by molar-refractivity contribution is 14.0. The summed E-state index contributed by atoms with van der Waals surface area (Å²) in [5.41, 5.74) is 1.36. The van der Waals surface area contributed by atoms with Crippen molar-refractivity contribution in [3.8, 4) is 12.3 Å². The molecule has 0 nitrogen and oxygen atoms in total. The molecule has 0 saturated carbocycles. The predicted octanol–water partition coefficient (Wildman–Crippen LogP) is 5.48. The maximum absolute atomic E-state index is 5.44. The van der Waals surface area contributed by atoms with Crippen LogP contribution in [0.4, 0.5) is 0 Å². The van der Waals surface area contributed by atoms with Gasteiger partial charge in [0.1, 0.15) is 0 Å². The second-order valence-corrected chi connectivity index (χ2v) is 4.09. The smallest absolute Gasteiger partial charge is 0.0240 e. The predicted molar refractivity (Wildman–Crippen MR) is 88.9 cm³/mol. The van der Waals surface area contributed by atoms with E-state index in [2.05, 4.69) is 57.9 Å². The third kappa shape index (κ3) is 7.44. The second kappa shape index (κ2) is 12.0. The van der Waals surface area contributed by atoms with Gasteiger partial charge in [-0.1, -0.05) is 64.4 Å². The summed E-state index contributed by atoms with van der Waals surface area (Å²) in [6.45, 7) is 8.55. The molecular weight excluding hydrogens is 319 g/mol. The normalized spacial score (nSPS) is 12.2. The minimum absolute atomic E-state index is 0. The van der Waals surface area contributed by atoms with Crippen LogP contribution in [0.1, 0.15) is 52.0 Å². The van der Waals surface area contributed by atoms with E-state index in [4.69, 9.17) is 6.42 Å². The Kier molecular flexibility index (Phi) is 13.3. The quantitative estimate of drug-likeness (QED) is 0.503. The molecule has 0 aliphatic rings. The van der Waals surface area contributed by atoms with Gasteiger partial charge >= 0.3 is 0 Å². The summed E-state index contributed by atoms with van der Waals surface area (Å²) < 4.78 is 0. The molecule has 0 heterocycles. The molecule has 0 bridgehead atoms. The third-order valence-electron chi connectivity index (χ3n) is 2.53. The number of hydrogen-bond donors (Lipinski definition) is 0. The van der Waals surface area contributed by atoms with Crippen LogP contribution in [0.15, 0.2) is 30.3 Å². The van der Waals surface area contributed by atoms with Crippen LogP contribution in [0.2, 0.25) is 0 Å². The van der Waals surface area contributed by atoms with E-state index < -0.39 is 0 Å². The number of benzene rings is 1. The van der Waals surface area contributed by atoms with Crippen molar-refractivity contribution in [1.29, 1.82) is 0 Å². The minimum Gasteiger partial charge on any atom is -0.120 e. The van der Waals surface area contributed by atoms with Gasteiger partial charge in [-0.3, -0.25) is 0 Å². The molecule has 17 heavy (non-hydrogen) atoms. The van der Waals surface area contributed by atoms with Crippen molar-refractivity contribution >= 4 is 24.0 Å². The van der Waals surface area contributed by atoms with Crippen LogP contribution in [0.25, 0.3) is 0 Å². The molecule has 0 fully saturated rings. The number of rotatable bonds is 3. The highest BCUT2D eigenvalue weighted by Crippen LogP contribution is 2.26. The Bertz CT molecular complexity index is 297. The van der Waals surface area contributed by atoms with E-state index in [9.17, 15) is 0 Å². The fraction of sp³-hybridized carbons (Fsp3) is 0.500. The van der Waals surface area contributed by atoms with Gasteiger partial charge in [-0.2, -0.15) is 0 Å². The molecule has 1 aromatic rings. The van der Waals surface area contributed by atoms with Gasteiger partial charge in [0.15, 0.2) is 0 Å². The topological polar surface area (TPSA) is 0 Å². The van der Waals surface area contributed by atoms with Crippen LogP contribution in [0.5, 0.6) is 0 Å². The van der Waals surface area contributed by atoms with Crippen LogP contribution in [0, 0.1) is 18.3 Å². The van der Waals surface area contributed by atoms with Gasteiger partial charge in [0.2, 0.25) is 0 Å². The minimum atomic E-state index is 0. The highest BCUT2D eigenvalue weighted by atomic mass is 127. The Morgan fingerprint density at radius 1 is 1.12 bits per heavy atom. The molecule has 0 aliphatic heterocycles. The standard InChI is InChI=1S/C13H16.C3H8.HI/c1-4-11(3)13(5-2)12-9-7-6-8-10-12;1-3-2;/h1,6-11,13H,5H2,2-3H3;3H2,1-2H3;1H/t11?,13-;;/m1../s1. The van der Waals surface area contributed by atoms with Crippen LogP contribution < -0.4 is 0 Å². The van der Waals surface area contributed by atoms with Crippen molar-refractivity contribution < 1.29 is 0 Å². The molecule has 0 amide bonds. The van der Waals surface area contributed by atoms with Crippen LogP contribution >= 0.6 is 24.0 Å². The molecule has 0 spiro atoms. The van der Waals surface area contributed by atoms with Crippen molar-refractivity contribution in [2.45, 2.75) is 46.5 Å². The molecular formula is C16H25I. The molecule has 0 N–H and O–H groups in total. The average molecular weight is 344 g/mol. The molecule has 96 valence electrons. The summed E-state index contributed by atoms with van der Waals surface area (Å²) in [6, 6.07) is 10.5.